The summed E-state index contributed by atoms with van der Waals surface area (Å²) in [5, 5.41) is 0. The number of hydrogen-bond donors (Lipinski definition) is 0. The number of unbranched alkanes of at least 4 members (excludes halogenated alkanes) is 3. The molecule has 0 spiro atoms. The number of rotatable bonds is 9. The van der Waals surface area contributed by atoms with Crippen LogP contribution in [0, 0.1) is 0 Å². The van der Waals surface area contributed by atoms with Gasteiger partial charge in [-0.1, -0.05) is 80.5 Å². The van der Waals surface area contributed by atoms with Gasteiger partial charge in [0.1, 0.15) is 6.61 Å². The smallest absolute Gasteiger partial charge is 0.331 e. The van der Waals surface area contributed by atoms with Crippen molar-refractivity contribution in [1.29, 1.82) is 0 Å². The van der Waals surface area contributed by atoms with Crippen molar-refractivity contribution >= 4 is 12.0 Å². The number of carbonyl (C=O) groups is 1. The molecule has 0 unspecified atom stereocenters. The minimum Gasteiger partial charge on any atom is -0.458 e. The number of ether oxygens (including phenoxy) is 1. The molecular weight excluding hydrogens is 260 g/mol. The highest BCUT2D eigenvalue weighted by Crippen LogP contribution is 2.01. The van der Waals surface area contributed by atoms with Gasteiger partial charge < -0.3 is 4.74 Å². The van der Waals surface area contributed by atoms with E-state index < -0.39 is 0 Å². The maximum Gasteiger partial charge on any atom is 0.331 e. The zero-order valence-electron chi connectivity index (χ0n) is 12.7. The van der Waals surface area contributed by atoms with E-state index in [1.807, 2.05) is 48.6 Å². The Morgan fingerprint density at radius 2 is 1.90 bits per heavy atom. The lowest BCUT2D eigenvalue weighted by Crippen LogP contribution is -1.99. The summed E-state index contributed by atoms with van der Waals surface area (Å²) in [6, 6.07) is 9.94. The van der Waals surface area contributed by atoms with Crippen molar-refractivity contribution in [2.24, 2.45) is 0 Å². The van der Waals surface area contributed by atoms with Crippen LogP contribution in [0.2, 0.25) is 0 Å². The average Bonchev–Trinajstić information content (AvgIpc) is 2.52. The van der Waals surface area contributed by atoms with Crippen LogP contribution in [0.1, 0.15) is 38.2 Å². The van der Waals surface area contributed by atoms with Crippen molar-refractivity contribution in [3.8, 4) is 0 Å². The molecule has 112 valence electrons. The molecule has 0 bridgehead atoms. The Bertz CT molecular complexity index is 470. The second kappa shape index (κ2) is 11.7. The van der Waals surface area contributed by atoms with E-state index in [-0.39, 0.29) is 5.97 Å². The van der Waals surface area contributed by atoms with E-state index >= 15 is 0 Å². The first-order valence-electron chi connectivity index (χ1n) is 7.54. The lowest BCUT2D eigenvalue weighted by Gasteiger charge is -1.96. The lowest BCUT2D eigenvalue weighted by atomic mass is 10.2. The lowest BCUT2D eigenvalue weighted by molar-refractivity contribution is -0.136. The minimum absolute atomic E-state index is 0.314. The van der Waals surface area contributed by atoms with Crippen LogP contribution < -0.4 is 0 Å². The Morgan fingerprint density at radius 3 is 2.67 bits per heavy atom. The topological polar surface area (TPSA) is 26.3 Å². The molecule has 21 heavy (non-hydrogen) atoms. The normalized spacial score (nSPS) is 11.7. The molecule has 0 radical (unpaired) electrons. The van der Waals surface area contributed by atoms with Gasteiger partial charge in [0.25, 0.3) is 0 Å². The molecule has 0 fully saturated rings. The third-order valence-electron chi connectivity index (χ3n) is 2.89. The van der Waals surface area contributed by atoms with Crippen molar-refractivity contribution in [1.82, 2.24) is 0 Å². The van der Waals surface area contributed by atoms with Gasteiger partial charge in [-0.2, -0.15) is 0 Å². The highest BCUT2D eigenvalue weighted by atomic mass is 16.5. The minimum atomic E-state index is -0.314. The fraction of sp³-hybridized carbons (Fsp3) is 0.316. The molecule has 2 heteroatoms. The summed E-state index contributed by atoms with van der Waals surface area (Å²) in [4.78, 5) is 11.4. The van der Waals surface area contributed by atoms with E-state index in [4.69, 9.17) is 4.74 Å². The molecule has 0 saturated heterocycles. The molecule has 0 aliphatic carbocycles. The van der Waals surface area contributed by atoms with E-state index in [0.717, 1.165) is 12.0 Å². The van der Waals surface area contributed by atoms with Crippen molar-refractivity contribution in [2.45, 2.75) is 32.6 Å². The number of benzene rings is 1. The SMILES string of the molecule is CCCCC/C=C/COC(=O)/C=C/C=C/c1ccccc1. The summed E-state index contributed by atoms with van der Waals surface area (Å²) >= 11 is 0. The Balaban J connectivity index is 2.15. The summed E-state index contributed by atoms with van der Waals surface area (Å²) in [7, 11) is 0. The molecule has 0 N–H and O–H groups in total. The van der Waals surface area contributed by atoms with Gasteiger partial charge in [0, 0.05) is 6.08 Å². The van der Waals surface area contributed by atoms with Gasteiger partial charge >= 0.3 is 5.97 Å². The predicted molar refractivity (Wildman–Crippen MR) is 88.9 cm³/mol. The quantitative estimate of drug-likeness (QED) is 0.211. The molecule has 1 rings (SSSR count). The Labute approximate surface area is 127 Å². The number of carbonyl (C=O) groups excluding carboxylic acids is 1. The Kier molecular flexibility index (Phi) is 9.46. The van der Waals surface area contributed by atoms with Crippen molar-refractivity contribution < 1.29 is 9.53 Å². The average molecular weight is 284 g/mol. The van der Waals surface area contributed by atoms with Crippen LogP contribution in [-0.4, -0.2) is 12.6 Å². The van der Waals surface area contributed by atoms with E-state index in [9.17, 15) is 4.79 Å². The van der Waals surface area contributed by atoms with Crippen LogP contribution in [0.3, 0.4) is 0 Å². The van der Waals surface area contributed by atoms with Crippen molar-refractivity contribution in [2.75, 3.05) is 6.61 Å². The molecule has 0 aliphatic rings. The van der Waals surface area contributed by atoms with Crippen LogP contribution in [0.5, 0.6) is 0 Å². The van der Waals surface area contributed by atoms with E-state index in [2.05, 4.69) is 13.0 Å². The zero-order valence-corrected chi connectivity index (χ0v) is 12.7. The highest BCUT2D eigenvalue weighted by Gasteiger charge is 1.92. The van der Waals surface area contributed by atoms with E-state index in [0.29, 0.717) is 6.61 Å². The second-order valence-corrected chi connectivity index (χ2v) is 4.73. The summed E-state index contributed by atoms with van der Waals surface area (Å²) in [6.45, 7) is 2.53. The van der Waals surface area contributed by atoms with Crippen LogP contribution in [0.4, 0.5) is 0 Å². The van der Waals surface area contributed by atoms with Gasteiger partial charge in [0.05, 0.1) is 0 Å². The first kappa shape index (κ1) is 17.0. The zero-order chi connectivity index (χ0) is 15.2. The third kappa shape index (κ3) is 9.44. The number of allylic oxidation sites excluding steroid dienone is 3. The Morgan fingerprint density at radius 1 is 1.10 bits per heavy atom. The molecule has 2 nitrogen and oxygen atoms in total. The van der Waals surface area contributed by atoms with Crippen LogP contribution in [-0.2, 0) is 9.53 Å². The highest BCUT2D eigenvalue weighted by molar-refractivity contribution is 5.82. The van der Waals surface area contributed by atoms with Gasteiger partial charge in [-0.3, -0.25) is 0 Å². The molecule has 0 atom stereocenters. The van der Waals surface area contributed by atoms with Gasteiger partial charge in [-0.05, 0) is 18.4 Å². The Hall–Kier alpha value is -2.09. The predicted octanol–water partition coefficient (Wildman–Crippen LogP) is 4.94. The molecule has 0 aliphatic heterocycles. The molecule has 0 heterocycles. The van der Waals surface area contributed by atoms with Gasteiger partial charge in [-0.25, -0.2) is 4.79 Å². The largest absolute Gasteiger partial charge is 0.458 e. The summed E-state index contributed by atoms with van der Waals surface area (Å²) in [6.07, 6.45) is 15.6. The maximum absolute atomic E-state index is 11.4. The van der Waals surface area contributed by atoms with E-state index in [1.165, 1.54) is 25.3 Å². The standard InChI is InChI=1S/C19H24O2/c1-2-3-4-5-6-12-17-21-19(20)16-11-10-15-18-13-8-7-9-14-18/h6-16H,2-5,17H2,1H3/b12-6+,15-10+,16-11+. The third-order valence-corrected chi connectivity index (χ3v) is 2.89. The fourth-order valence-corrected chi connectivity index (χ4v) is 1.74. The van der Waals surface area contributed by atoms with Gasteiger partial charge in [-0.15, -0.1) is 0 Å². The van der Waals surface area contributed by atoms with Gasteiger partial charge in [0.2, 0.25) is 0 Å². The molecule has 1 aromatic carbocycles. The first-order valence-corrected chi connectivity index (χ1v) is 7.54. The first-order chi connectivity index (χ1) is 10.3. The van der Waals surface area contributed by atoms with Crippen LogP contribution in [0.25, 0.3) is 6.08 Å². The van der Waals surface area contributed by atoms with Crippen LogP contribution >= 0.6 is 0 Å². The van der Waals surface area contributed by atoms with Gasteiger partial charge in [0.15, 0.2) is 0 Å². The maximum atomic E-state index is 11.4. The molecule has 0 aromatic heterocycles. The summed E-state index contributed by atoms with van der Waals surface area (Å²) < 4.78 is 5.05. The molecule has 1 aromatic rings. The van der Waals surface area contributed by atoms with Crippen molar-refractivity contribution in [3.63, 3.8) is 0 Å². The monoisotopic (exact) mass is 284 g/mol. The van der Waals surface area contributed by atoms with Crippen molar-refractivity contribution in [3.05, 3.63) is 66.3 Å². The van der Waals surface area contributed by atoms with E-state index in [1.54, 1.807) is 6.08 Å². The van der Waals surface area contributed by atoms with Crippen LogP contribution in [0.15, 0.2) is 60.7 Å². The molecule has 0 saturated carbocycles. The fourth-order valence-electron chi connectivity index (χ4n) is 1.74. The molecule has 0 amide bonds. The molecular formula is C19H24O2. The summed E-state index contributed by atoms with van der Waals surface area (Å²) in [5.41, 5.74) is 1.10. The number of hydrogen-bond acceptors (Lipinski definition) is 2. The summed E-state index contributed by atoms with van der Waals surface area (Å²) in [5.74, 6) is -0.314. The second-order valence-electron chi connectivity index (χ2n) is 4.73. The number of esters is 1.